The van der Waals surface area contributed by atoms with Gasteiger partial charge in [0.25, 0.3) is 0 Å². The van der Waals surface area contributed by atoms with Crippen LogP contribution in [0, 0.1) is 0 Å². The lowest BCUT2D eigenvalue weighted by atomic mass is 9.87. The molecule has 0 heterocycles. The first kappa shape index (κ1) is 23.3. The average molecular weight is 390 g/mol. The summed E-state index contributed by atoms with van der Waals surface area (Å²) in [5.41, 5.74) is 1.09. The minimum absolute atomic E-state index is 0.0327. The molecule has 0 saturated carbocycles. The molecule has 0 bridgehead atoms. The van der Waals surface area contributed by atoms with Crippen molar-refractivity contribution >= 4 is 11.9 Å². The van der Waals surface area contributed by atoms with Gasteiger partial charge in [-0.2, -0.15) is 0 Å². The summed E-state index contributed by atoms with van der Waals surface area (Å²) in [6.45, 7) is 14.3. The van der Waals surface area contributed by atoms with Crippen molar-refractivity contribution in [2.24, 2.45) is 0 Å². The Bertz CT molecular complexity index is 672. The van der Waals surface area contributed by atoms with Crippen LogP contribution in [0.2, 0.25) is 0 Å². The van der Waals surface area contributed by atoms with Crippen molar-refractivity contribution < 1.29 is 28.5 Å². The van der Waals surface area contributed by atoms with Crippen LogP contribution < -0.4 is 9.47 Å². The summed E-state index contributed by atoms with van der Waals surface area (Å²) < 4.78 is 21.5. The lowest BCUT2D eigenvalue weighted by Crippen LogP contribution is -2.13. The minimum Gasteiger partial charge on any atom is -0.490 e. The highest BCUT2D eigenvalue weighted by atomic mass is 16.5. The van der Waals surface area contributed by atoms with E-state index in [1.54, 1.807) is 0 Å². The zero-order valence-corrected chi connectivity index (χ0v) is 17.0. The van der Waals surface area contributed by atoms with Crippen molar-refractivity contribution in [3.8, 4) is 11.5 Å². The largest absolute Gasteiger partial charge is 0.490 e. The van der Waals surface area contributed by atoms with E-state index in [-0.39, 0.29) is 18.6 Å². The Morgan fingerprint density at radius 1 is 0.857 bits per heavy atom. The minimum atomic E-state index is -0.448. The second-order valence-corrected chi connectivity index (χ2v) is 7.06. The first-order chi connectivity index (χ1) is 13.3. The maximum Gasteiger partial charge on any atom is 0.330 e. The second-order valence-electron chi connectivity index (χ2n) is 7.06. The molecular formula is C22H30O6. The number of carbonyl (C=O) groups is 2. The van der Waals surface area contributed by atoms with Crippen LogP contribution >= 0.6 is 0 Å². The molecule has 0 aliphatic rings. The summed E-state index contributed by atoms with van der Waals surface area (Å²) in [5.74, 6) is 0.350. The van der Waals surface area contributed by atoms with Crippen LogP contribution in [0.5, 0.6) is 11.5 Å². The smallest absolute Gasteiger partial charge is 0.330 e. The number of hydrogen-bond acceptors (Lipinski definition) is 6. The molecule has 0 unspecified atom stereocenters. The normalized spacial score (nSPS) is 10.7. The fourth-order valence-electron chi connectivity index (χ4n) is 2.15. The highest BCUT2D eigenvalue weighted by Gasteiger charge is 2.17. The maximum absolute atomic E-state index is 11.0. The summed E-state index contributed by atoms with van der Waals surface area (Å²) in [4.78, 5) is 22.1. The van der Waals surface area contributed by atoms with E-state index in [4.69, 9.17) is 18.9 Å². The molecule has 1 aromatic rings. The zero-order valence-electron chi connectivity index (χ0n) is 17.0. The molecule has 1 aromatic carbocycles. The summed E-state index contributed by atoms with van der Waals surface area (Å²) in [6, 6.07) is 5.85. The number of carbonyl (C=O) groups excluding carboxylic acids is 2. The number of ether oxygens (including phenoxy) is 4. The third kappa shape index (κ3) is 8.75. The molecule has 0 saturated heterocycles. The van der Waals surface area contributed by atoms with E-state index >= 15 is 0 Å². The van der Waals surface area contributed by atoms with Crippen molar-refractivity contribution in [2.75, 3.05) is 26.4 Å². The van der Waals surface area contributed by atoms with E-state index in [0.717, 1.165) is 17.7 Å². The first-order valence-electron chi connectivity index (χ1n) is 9.26. The molecule has 0 fully saturated rings. The Kier molecular flexibility index (Phi) is 9.85. The van der Waals surface area contributed by atoms with Gasteiger partial charge in [-0.1, -0.05) is 40.0 Å². The van der Waals surface area contributed by atoms with Gasteiger partial charge in [-0.25, -0.2) is 9.59 Å². The highest BCUT2D eigenvalue weighted by Crippen LogP contribution is 2.33. The standard InChI is InChI=1S/C22H30O6/c1-6-20(23)27-14-8-12-25-18-11-10-17(22(3,4)5)16-19(18)26-13-9-15-28-21(24)7-2/h6-7,10-11,16H,1-2,8-9,12-15H2,3-5H3. The van der Waals surface area contributed by atoms with Crippen LogP contribution in [-0.2, 0) is 24.5 Å². The Hall–Kier alpha value is -2.76. The van der Waals surface area contributed by atoms with Crippen molar-refractivity contribution in [1.82, 2.24) is 0 Å². The first-order valence-corrected chi connectivity index (χ1v) is 9.26. The Balaban J connectivity index is 2.63. The van der Waals surface area contributed by atoms with Gasteiger partial charge in [-0.05, 0) is 23.1 Å². The van der Waals surface area contributed by atoms with Crippen molar-refractivity contribution in [2.45, 2.75) is 39.0 Å². The Morgan fingerprint density at radius 3 is 1.82 bits per heavy atom. The van der Waals surface area contributed by atoms with Crippen molar-refractivity contribution in [3.63, 3.8) is 0 Å². The lowest BCUT2D eigenvalue weighted by molar-refractivity contribution is -0.138. The summed E-state index contributed by atoms with van der Waals surface area (Å²) in [7, 11) is 0. The molecule has 0 aliphatic heterocycles. The molecule has 0 amide bonds. The van der Waals surface area contributed by atoms with E-state index in [9.17, 15) is 9.59 Å². The van der Waals surface area contributed by atoms with E-state index < -0.39 is 11.9 Å². The van der Waals surface area contributed by atoms with Crippen molar-refractivity contribution in [3.05, 3.63) is 49.1 Å². The molecule has 6 heteroatoms. The number of rotatable bonds is 12. The van der Waals surface area contributed by atoms with Gasteiger partial charge in [0, 0.05) is 25.0 Å². The van der Waals surface area contributed by atoms with E-state index in [1.807, 2.05) is 18.2 Å². The molecule has 0 aromatic heterocycles. The lowest BCUT2D eigenvalue weighted by Gasteiger charge is -2.21. The second kappa shape index (κ2) is 11.8. The van der Waals surface area contributed by atoms with Crippen LogP contribution in [0.4, 0.5) is 0 Å². The van der Waals surface area contributed by atoms with Gasteiger partial charge in [-0.3, -0.25) is 0 Å². The van der Waals surface area contributed by atoms with Crippen LogP contribution in [0.3, 0.4) is 0 Å². The molecule has 0 aliphatic carbocycles. The topological polar surface area (TPSA) is 71.1 Å². The molecule has 1 rings (SSSR count). The third-order valence-corrected chi connectivity index (χ3v) is 3.72. The molecular weight excluding hydrogens is 360 g/mol. The predicted molar refractivity (Wildman–Crippen MR) is 108 cm³/mol. The monoisotopic (exact) mass is 390 g/mol. The van der Waals surface area contributed by atoms with Crippen LogP contribution in [0.15, 0.2) is 43.5 Å². The van der Waals surface area contributed by atoms with Gasteiger partial charge in [-0.15, -0.1) is 0 Å². The quantitative estimate of drug-likeness (QED) is 0.305. The molecule has 0 spiro atoms. The fourth-order valence-corrected chi connectivity index (χ4v) is 2.15. The van der Waals surface area contributed by atoms with Gasteiger partial charge in [0.15, 0.2) is 11.5 Å². The average Bonchev–Trinajstić information content (AvgIpc) is 2.66. The summed E-state index contributed by atoms with van der Waals surface area (Å²) in [6.07, 6.45) is 3.37. The van der Waals surface area contributed by atoms with Crippen LogP contribution in [-0.4, -0.2) is 38.4 Å². The number of benzene rings is 1. The van der Waals surface area contributed by atoms with Gasteiger partial charge in [0.05, 0.1) is 26.4 Å². The number of hydrogen-bond donors (Lipinski definition) is 0. The summed E-state index contributed by atoms with van der Waals surface area (Å²) in [5, 5.41) is 0. The maximum atomic E-state index is 11.0. The number of esters is 2. The van der Waals surface area contributed by atoms with E-state index in [0.29, 0.717) is 37.6 Å². The molecule has 28 heavy (non-hydrogen) atoms. The summed E-state index contributed by atoms with van der Waals surface area (Å²) >= 11 is 0. The molecule has 154 valence electrons. The van der Waals surface area contributed by atoms with Gasteiger partial charge in [0.2, 0.25) is 0 Å². The zero-order chi connectivity index (χ0) is 21.0. The molecule has 6 nitrogen and oxygen atoms in total. The Morgan fingerprint density at radius 2 is 1.36 bits per heavy atom. The molecule has 0 atom stereocenters. The van der Waals surface area contributed by atoms with Gasteiger partial charge < -0.3 is 18.9 Å². The van der Waals surface area contributed by atoms with Crippen molar-refractivity contribution in [1.29, 1.82) is 0 Å². The SMILES string of the molecule is C=CC(=O)OCCCOc1ccc(C(C)(C)C)cc1OCCCOC(=O)C=C. The van der Waals surface area contributed by atoms with Crippen LogP contribution in [0.1, 0.15) is 39.2 Å². The fraction of sp³-hybridized carbons (Fsp3) is 0.455. The highest BCUT2D eigenvalue weighted by molar-refractivity contribution is 5.81. The van der Waals surface area contributed by atoms with Crippen LogP contribution in [0.25, 0.3) is 0 Å². The molecule has 0 radical (unpaired) electrons. The molecule has 0 N–H and O–H groups in total. The predicted octanol–water partition coefficient (Wildman–Crippen LogP) is 3.98. The van der Waals surface area contributed by atoms with E-state index in [1.165, 1.54) is 0 Å². The Labute approximate surface area is 167 Å². The van der Waals surface area contributed by atoms with E-state index in [2.05, 4.69) is 33.9 Å². The third-order valence-electron chi connectivity index (χ3n) is 3.72. The van der Waals surface area contributed by atoms with Gasteiger partial charge >= 0.3 is 11.9 Å². The van der Waals surface area contributed by atoms with Gasteiger partial charge in [0.1, 0.15) is 0 Å².